The summed E-state index contributed by atoms with van der Waals surface area (Å²) in [5, 5.41) is 2.96. The van der Waals surface area contributed by atoms with Gasteiger partial charge in [0.1, 0.15) is 0 Å². The van der Waals surface area contributed by atoms with Crippen LogP contribution in [0.5, 0.6) is 0 Å². The van der Waals surface area contributed by atoms with E-state index in [1.54, 1.807) is 0 Å². The van der Waals surface area contributed by atoms with Crippen LogP contribution in [0.2, 0.25) is 0 Å². The first-order valence-corrected chi connectivity index (χ1v) is 4.94. The Morgan fingerprint density at radius 3 is 2.69 bits per heavy atom. The van der Waals surface area contributed by atoms with Gasteiger partial charge in [0.2, 0.25) is 0 Å². The molecule has 2 bridgehead atoms. The maximum atomic E-state index is 12.0. The molecule has 3 atom stereocenters. The Bertz CT molecular complexity index is 328. The van der Waals surface area contributed by atoms with Crippen LogP contribution in [0.4, 0.5) is 13.2 Å². The topological polar surface area (TPSA) is 55.4 Å². The third kappa shape index (κ3) is 2.04. The van der Waals surface area contributed by atoms with Gasteiger partial charge in [-0.15, -0.1) is 0 Å². The van der Waals surface area contributed by atoms with E-state index in [2.05, 4.69) is 10.1 Å². The quantitative estimate of drug-likeness (QED) is 0.677. The number of carbonyl (C=O) groups excluding carboxylic acids is 2. The maximum Gasteiger partial charge on any atom is 0.490 e. The summed E-state index contributed by atoms with van der Waals surface area (Å²) < 4.78 is 40.1. The summed E-state index contributed by atoms with van der Waals surface area (Å²) in [7, 11) is 0. The van der Waals surface area contributed by atoms with Crippen LogP contribution in [0, 0.1) is 0 Å². The molecule has 2 rings (SSSR count). The SMILES string of the molecule is O=C1C[C@@H]2CC[C@@H](N2)[C@H]1OC(=O)C(F)(F)F. The number of ether oxygens (including phenoxy) is 1. The lowest BCUT2D eigenvalue weighted by atomic mass is 10.0. The van der Waals surface area contributed by atoms with E-state index < -0.39 is 30.1 Å². The first-order valence-electron chi connectivity index (χ1n) is 4.94. The molecule has 0 saturated carbocycles. The number of rotatable bonds is 1. The molecule has 2 heterocycles. The number of Topliss-reactive ketones (excluding diaryl/α,β-unsaturated/α-hetero) is 1. The summed E-state index contributed by atoms with van der Waals surface area (Å²) in [4.78, 5) is 22.1. The van der Waals surface area contributed by atoms with E-state index in [0.717, 1.165) is 6.42 Å². The average molecular weight is 237 g/mol. The highest BCUT2D eigenvalue weighted by molar-refractivity contribution is 5.88. The molecule has 2 aliphatic heterocycles. The molecule has 2 fully saturated rings. The van der Waals surface area contributed by atoms with Crippen LogP contribution in [-0.2, 0) is 14.3 Å². The van der Waals surface area contributed by atoms with Gasteiger partial charge in [-0.3, -0.25) is 4.79 Å². The standard InChI is InChI=1S/C9H10F3NO3/c10-9(11,12)8(15)16-7-5-2-1-4(13-5)3-6(7)14/h4-5,7,13H,1-3H2/t4-,5+,7+/m0/s1. The molecule has 0 unspecified atom stereocenters. The summed E-state index contributed by atoms with van der Waals surface area (Å²) >= 11 is 0. The molecule has 0 aromatic rings. The molecular formula is C9H10F3NO3. The third-order valence-corrected chi connectivity index (χ3v) is 2.87. The van der Waals surface area contributed by atoms with E-state index in [0.29, 0.717) is 6.42 Å². The highest BCUT2D eigenvalue weighted by atomic mass is 19.4. The normalized spacial score (nSPS) is 33.9. The lowest BCUT2D eigenvalue weighted by molar-refractivity contribution is -0.206. The number of carbonyl (C=O) groups is 2. The van der Waals surface area contributed by atoms with Crippen molar-refractivity contribution in [1.29, 1.82) is 0 Å². The van der Waals surface area contributed by atoms with Gasteiger partial charge < -0.3 is 10.1 Å². The first kappa shape index (κ1) is 11.4. The molecule has 0 aromatic carbocycles. The molecule has 2 saturated heterocycles. The highest BCUT2D eigenvalue weighted by Gasteiger charge is 2.48. The summed E-state index contributed by atoms with van der Waals surface area (Å²) in [6, 6.07) is -0.434. The predicted molar refractivity (Wildman–Crippen MR) is 45.5 cm³/mol. The van der Waals surface area contributed by atoms with Crippen molar-refractivity contribution in [3.05, 3.63) is 0 Å². The van der Waals surface area contributed by atoms with Gasteiger partial charge in [-0.2, -0.15) is 13.2 Å². The summed E-state index contributed by atoms with van der Waals surface area (Å²) in [6.45, 7) is 0. The van der Waals surface area contributed by atoms with Gasteiger partial charge in [0, 0.05) is 12.5 Å². The van der Waals surface area contributed by atoms with Crippen molar-refractivity contribution in [2.45, 2.75) is 43.6 Å². The largest absolute Gasteiger partial charge is 0.490 e. The lowest BCUT2D eigenvalue weighted by Gasteiger charge is -2.28. The minimum atomic E-state index is -5.05. The number of fused-ring (bicyclic) bond motifs is 2. The van der Waals surface area contributed by atoms with Crippen molar-refractivity contribution in [3.8, 4) is 0 Å². The molecule has 7 heteroatoms. The van der Waals surface area contributed by atoms with Crippen LogP contribution >= 0.6 is 0 Å². The molecule has 2 aliphatic rings. The predicted octanol–water partition coefficient (Wildman–Crippen LogP) is 0.554. The zero-order chi connectivity index (χ0) is 11.9. The van der Waals surface area contributed by atoms with Gasteiger partial charge in [-0.05, 0) is 12.8 Å². The van der Waals surface area contributed by atoms with Crippen LogP contribution in [0.3, 0.4) is 0 Å². The Labute approximate surface area is 89.1 Å². The van der Waals surface area contributed by atoms with Crippen LogP contribution in [0.1, 0.15) is 19.3 Å². The van der Waals surface area contributed by atoms with Crippen molar-refractivity contribution < 1.29 is 27.5 Å². The molecule has 16 heavy (non-hydrogen) atoms. The molecule has 0 aliphatic carbocycles. The van der Waals surface area contributed by atoms with Gasteiger partial charge in [-0.1, -0.05) is 0 Å². The molecular weight excluding hydrogens is 227 g/mol. The van der Waals surface area contributed by atoms with E-state index in [-0.39, 0.29) is 12.5 Å². The van der Waals surface area contributed by atoms with E-state index in [1.165, 1.54) is 0 Å². The lowest BCUT2D eigenvalue weighted by Crippen LogP contribution is -2.52. The van der Waals surface area contributed by atoms with E-state index in [9.17, 15) is 22.8 Å². The fraction of sp³-hybridized carbons (Fsp3) is 0.778. The molecule has 0 amide bonds. The Balaban J connectivity index is 2.04. The Morgan fingerprint density at radius 1 is 1.38 bits per heavy atom. The fourth-order valence-electron chi connectivity index (χ4n) is 2.16. The summed E-state index contributed by atoms with van der Waals surface area (Å²) in [5.41, 5.74) is 0. The van der Waals surface area contributed by atoms with Crippen molar-refractivity contribution in [2.24, 2.45) is 0 Å². The second-order valence-corrected chi connectivity index (χ2v) is 4.04. The van der Waals surface area contributed by atoms with Gasteiger partial charge in [-0.25, -0.2) is 4.79 Å². The van der Waals surface area contributed by atoms with Gasteiger partial charge >= 0.3 is 12.1 Å². The minimum absolute atomic E-state index is 0.0262. The molecule has 90 valence electrons. The zero-order valence-corrected chi connectivity index (χ0v) is 8.21. The Hall–Kier alpha value is -1.11. The summed E-state index contributed by atoms with van der Waals surface area (Å²) in [5.74, 6) is -2.72. The molecule has 0 radical (unpaired) electrons. The molecule has 0 aromatic heterocycles. The molecule has 0 spiro atoms. The van der Waals surface area contributed by atoms with Gasteiger partial charge in [0.15, 0.2) is 11.9 Å². The number of alkyl halides is 3. The average Bonchev–Trinajstić information content (AvgIpc) is 2.54. The number of esters is 1. The van der Waals surface area contributed by atoms with Gasteiger partial charge in [0.05, 0.1) is 6.04 Å². The van der Waals surface area contributed by atoms with E-state index in [4.69, 9.17) is 0 Å². The molecule has 1 N–H and O–H groups in total. The second kappa shape index (κ2) is 3.73. The maximum absolute atomic E-state index is 12.0. The number of ketones is 1. The minimum Gasteiger partial charge on any atom is -0.446 e. The molecule has 4 nitrogen and oxygen atoms in total. The number of hydrogen-bond donors (Lipinski definition) is 1. The smallest absolute Gasteiger partial charge is 0.446 e. The van der Waals surface area contributed by atoms with Crippen LogP contribution in [0.25, 0.3) is 0 Å². The Morgan fingerprint density at radius 2 is 2.06 bits per heavy atom. The number of piperidine rings is 1. The monoisotopic (exact) mass is 237 g/mol. The summed E-state index contributed by atoms with van der Waals surface area (Å²) in [6.07, 6.45) is -4.90. The van der Waals surface area contributed by atoms with Crippen LogP contribution < -0.4 is 5.32 Å². The van der Waals surface area contributed by atoms with Crippen molar-refractivity contribution in [3.63, 3.8) is 0 Å². The highest BCUT2D eigenvalue weighted by Crippen LogP contribution is 2.28. The first-order chi connectivity index (χ1) is 7.38. The van der Waals surface area contributed by atoms with E-state index in [1.807, 2.05) is 0 Å². The number of nitrogens with one attached hydrogen (secondary N) is 1. The third-order valence-electron chi connectivity index (χ3n) is 2.87. The van der Waals surface area contributed by atoms with Crippen molar-refractivity contribution in [2.75, 3.05) is 0 Å². The zero-order valence-electron chi connectivity index (χ0n) is 8.21. The number of halogens is 3. The van der Waals surface area contributed by atoms with E-state index >= 15 is 0 Å². The van der Waals surface area contributed by atoms with Crippen molar-refractivity contribution in [1.82, 2.24) is 5.32 Å². The number of hydrogen-bond acceptors (Lipinski definition) is 4. The Kier molecular flexibility index (Phi) is 2.65. The fourth-order valence-corrected chi connectivity index (χ4v) is 2.16. The van der Waals surface area contributed by atoms with Crippen LogP contribution in [-0.4, -0.2) is 36.1 Å². The van der Waals surface area contributed by atoms with Gasteiger partial charge in [0.25, 0.3) is 0 Å². The van der Waals surface area contributed by atoms with Crippen molar-refractivity contribution >= 4 is 11.8 Å². The van der Waals surface area contributed by atoms with Crippen LogP contribution in [0.15, 0.2) is 0 Å². The second-order valence-electron chi connectivity index (χ2n) is 4.04.